The van der Waals surface area contributed by atoms with Crippen LogP contribution >= 0.6 is 0 Å². The van der Waals surface area contributed by atoms with Crippen molar-refractivity contribution in [1.29, 1.82) is 0 Å². The van der Waals surface area contributed by atoms with Crippen LogP contribution in [0.5, 0.6) is 0 Å². The molecule has 1 fully saturated rings. The first kappa shape index (κ1) is 12.5. The molecule has 1 aromatic rings. The molecule has 0 aliphatic carbocycles. The zero-order valence-corrected chi connectivity index (χ0v) is 11.1. The summed E-state index contributed by atoms with van der Waals surface area (Å²) in [5.41, 5.74) is 0. The fraction of sp³-hybridized carbons (Fsp3) is 0.833. The van der Waals surface area contributed by atoms with Crippen LogP contribution in [-0.4, -0.2) is 45.8 Å². The van der Waals surface area contributed by atoms with Gasteiger partial charge in [0.15, 0.2) is 0 Å². The van der Waals surface area contributed by atoms with Crippen molar-refractivity contribution in [1.82, 2.24) is 25.0 Å². The SMILES string of the molecule is CNCC1CCCCN1Cc1nnc(C)n1C. The zero-order chi connectivity index (χ0) is 12.3. The molecule has 96 valence electrons. The molecular weight excluding hydrogens is 214 g/mol. The number of likely N-dealkylation sites (N-methyl/N-ethyl adjacent to an activating group) is 1. The second kappa shape index (κ2) is 5.60. The molecule has 17 heavy (non-hydrogen) atoms. The molecule has 1 aromatic heterocycles. The van der Waals surface area contributed by atoms with Gasteiger partial charge in [0.25, 0.3) is 0 Å². The predicted octanol–water partition coefficient (Wildman–Crippen LogP) is 0.697. The molecule has 0 spiro atoms. The summed E-state index contributed by atoms with van der Waals surface area (Å²) in [6, 6.07) is 0.644. The number of nitrogens with zero attached hydrogens (tertiary/aromatic N) is 4. The Kier molecular flexibility index (Phi) is 4.12. The highest BCUT2D eigenvalue weighted by Gasteiger charge is 2.23. The second-order valence-corrected chi connectivity index (χ2v) is 4.90. The molecule has 5 nitrogen and oxygen atoms in total. The lowest BCUT2D eigenvalue weighted by atomic mass is 10.0. The number of rotatable bonds is 4. The van der Waals surface area contributed by atoms with Crippen LogP contribution in [0.4, 0.5) is 0 Å². The minimum atomic E-state index is 0.644. The van der Waals surface area contributed by atoms with Gasteiger partial charge in [-0.1, -0.05) is 6.42 Å². The van der Waals surface area contributed by atoms with Crippen molar-refractivity contribution in [2.45, 2.75) is 38.8 Å². The number of nitrogens with one attached hydrogen (secondary N) is 1. The molecule has 1 unspecified atom stereocenters. The molecule has 0 amide bonds. The molecule has 0 saturated carbocycles. The van der Waals surface area contributed by atoms with E-state index < -0.39 is 0 Å². The highest BCUT2D eigenvalue weighted by Crippen LogP contribution is 2.18. The fourth-order valence-corrected chi connectivity index (χ4v) is 2.51. The maximum absolute atomic E-state index is 4.25. The summed E-state index contributed by atoms with van der Waals surface area (Å²) >= 11 is 0. The fourth-order valence-electron chi connectivity index (χ4n) is 2.51. The molecule has 1 N–H and O–H groups in total. The Labute approximate surface area is 103 Å². The van der Waals surface area contributed by atoms with Gasteiger partial charge < -0.3 is 9.88 Å². The third-order valence-corrected chi connectivity index (χ3v) is 3.72. The molecule has 1 aliphatic heterocycles. The Bertz CT molecular complexity index is 358. The molecule has 0 aromatic carbocycles. The lowest BCUT2D eigenvalue weighted by Gasteiger charge is -2.35. The van der Waals surface area contributed by atoms with Crippen LogP contribution in [0.2, 0.25) is 0 Å². The van der Waals surface area contributed by atoms with Gasteiger partial charge in [-0.05, 0) is 33.4 Å². The molecule has 2 heterocycles. The van der Waals surface area contributed by atoms with Gasteiger partial charge in [0.1, 0.15) is 11.6 Å². The lowest BCUT2D eigenvalue weighted by Crippen LogP contribution is -2.44. The monoisotopic (exact) mass is 237 g/mol. The van der Waals surface area contributed by atoms with Crippen molar-refractivity contribution in [3.63, 3.8) is 0 Å². The van der Waals surface area contributed by atoms with E-state index in [2.05, 4.69) is 25.0 Å². The third kappa shape index (κ3) is 2.84. The van der Waals surface area contributed by atoms with Gasteiger partial charge in [0, 0.05) is 19.6 Å². The second-order valence-electron chi connectivity index (χ2n) is 4.90. The summed E-state index contributed by atoms with van der Waals surface area (Å²) in [4.78, 5) is 2.53. The number of hydrogen-bond acceptors (Lipinski definition) is 4. The van der Waals surface area contributed by atoms with Crippen LogP contribution in [0, 0.1) is 6.92 Å². The van der Waals surface area contributed by atoms with E-state index in [9.17, 15) is 0 Å². The maximum atomic E-state index is 4.25. The molecule has 0 radical (unpaired) electrons. The molecule has 0 bridgehead atoms. The lowest BCUT2D eigenvalue weighted by molar-refractivity contribution is 0.134. The van der Waals surface area contributed by atoms with Crippen LogP contribution in [0.3, 0.4) is 0 Å². The third-order valence-electron chi connectivity index (χ3n) is 3.72. The van der Waals surface area contributed by atoms with Crippen molar-refractivity contribution >= 4 is 0 Å². The van der Waals surface area contributed by atoms with Crippen molar-refractivity contribution in [3.05, 3.63) is 11.6 Å². The first-order chi connectivity index (χ1) is 8.22. The van der Waals surface area contributed by atoms with E-state index in [1.165, 1.54) is 25.8 Å². The largest absolute Gasteiger partial charge is 0.318 e. The highest BCUT2D eigenvalue weighted by molar-refractivity contribution is 4.94. The van der Waals surface area contributed by atoms with Crippen molar-refractivity contribution in [2.24, 2.45) is 7.05 Å². The molecule has 1 saturated heterocycles. The highest BCUT2D eigenvalue weighted by atomic mass is 15.3. The number of piperidine rings is 1. The summed E-state index contributed by atoms with van der Waals surface area (Å²) in [7, 11) is 4.07. The Hall–Kier alpha value is -0.940. The molecule has 5 heteroatoms. The normalized spacial score (nSPS) is 21.9. The van der Waals surface area contributed by atoms with Gasteiger partial charge >= 0.3 is 0 Å². The molecule has 1 aliphatic rings. The van der Waals surface area contributed by atoms with Gasteiger partial charge in [-0.2, -0.15) is 0 Å². The Balaban J connectivity index is 2.02. The minimum absolute atomic E-state index is 0.644. The Morgan fingerprint density at radius 3 is 2.82 bits per heavy atom. The Morgan fingerprint density at radius 1 is 1.35 bits per heavy atom. The van der Waals surface area contributed by atoms with Crippen molar-refractivity contribution < 1.29 is 0 Å². The van der Waals surface area contributed by atoms with Gasteiger partial charge in [-0.15, -0.1) is 10.2 Å². The summed E-state index contributed by atoms with van der Waals surface area (Å²) in [6.07, 6.45) is 3.94. The van der Waals surface area contributed by atoms with Crippen molar-refractivity contribution in [2.75, 3.05) is 20.1 Å². The summed E-state index contributed by atoms with van der Waals surface area (Å²) in [5, 5.41) is 11.7. The number of likely N-dealkylation sites (tertiary alicyclic amines) is 1. The van der Waals surface area contributed by atoms with Crippen molar-refractivity contribution in [3.8, 4) is 0 Å². The van der Waals surface area contributed by atoms with Crippen LogP contribution < -0.4 is 5.32 Å². The molecular formula is C12H23N5. The quantitative estimate of drug-likeness (QED) is 0.837. The van der Waals surface area contributed by atoms with Crippen LogP contribution in [0.1, 0.15) is 30.9 Å². The van der Waals surface area contributed by atoms with E-state index in [-0.39, 0.29) is 0 Å². The first-order valence-electron chi connectivity index (χ1n) is 6.46. The maximum Gasteiger partial charge on any atom is 0.146 e. The van der Waals surface area contributed by atoms with E-state index in [0.29, 0.717) is 6.04 Å². The van der Waals surface area contributed by atoms with E-state index >= 15 is 0 Å². The average Bonchev–Trinajstić information content (AvgIpc) is 2.64. The predicted molar refractivity (Wildman–Crippen MR) is 67.7 cm³/mol. The summed E-state index contributed by atoms with van der Waals surface area (Å²) < 4.78 is 2.09. The van der Waals surface area contributed by atoms with Gasteiger partial charge in [0.2, 0.25) is 0 Å². The average molecular weight is 237 g/mol. The molecule has 1 atom stereocenters. The van der Waals surface area contributed by atoms with E-state index in [1.807, 2.05) is 21.0 Å². The minimum Gasteiger partial charge on any atom is -0.318 e. The van der Waals surface area contributed by atoms with Gasteiger partial charge in [0.05, 0.1) is 6.54 Å². The van der Waals surface area contributed by atoms with Gasteiger partial charge in [-0.3, -0.25) is 4.90 Å². The topological polar surface area (TPSA) is 46.0 Å². The summed E-state index contributed by atoms with van der Waals surface area (Å²) in [5.74, 6) is 2.06. The van der Waals surface area contributed by atoms with E-state index in [1.54, 1.807) is 0 Å². The van der Waals surface area contributed by atoms with Crippen LogP contribution in [0.25, 0.3) is 0 Å². The number of aryl methyl sites for hydroxylation is 1. The number of hydrogen-bond donors (Lipinski definition) is 1. The van der Waals surface area contributed by atoms with Crippen LogP contribution in [-0.2, 0) is 13.6 Å². The smallest absolute Gasteiger partial charge is 0.146 e. The van der Waals surface area contributed by atoms with E-state index in [0.717, 1.165) is 24.7 Å². The van der Waals surface area contributed by atoms with Crippen LogP contribution in [0.15, 0.2) is 0 Å². The number of aromatic nitrogens is 3. The zero-order valence-electron chi connectivity index (χ0n) is 11.1. The standard InChI is InChI=1S/C12H23N5/c1-10-14-15-12(16(10)3)9-17-7-5-4-6-11(17)8-13-2/h11,13H,4-9H2,1-3H3. The van der Waals surface area contributed by atoms with Gasteiger partial charge in [-0.25, -0.2) is 0 Å². The molecule has 2 rings (SSSR count). The Morgan fingerprint density at radius 2 is 2.18 bits per heavy atom. The van der Waals surface area contributed by atoms with E-state index in [4.69, 9.17) is 0 Å². The summed E-state index contributed by atoms with van der Waals surface area (Å²) in [6.45, 7) is 5.16. The first-order valence-corrected chi connectivity index (χ1v) is 6.46.